The zero-order chi connectivity index (χ0) is 10.9. The molecule has 0 aromatic rings. The zero-order valence-electron chi connectivity index (χ0n) is 5.34. The van der Waals surface area contributed by atoms with Gasteiger partial charge in [0.05, 0.1) is 0 Å². The molecule has 0 N–H and O–H groups in total. The van der Waals surface area contributed by atoms with Gasteiger partial charge in [-0.2, -0.15) is 17.6 Å². The van der Waals surface area contributed by atoms with Crippen LogP contribution in [0.2, 0.25) is 0 Å². The average Bonchev–Trinajstić information content (AvgIpc) is 1.79. The van der Waals surface area contributed by atoms with E-state index in [0.717, 1.165) is 0 Å². The smallest absolute Gasteiger partial charge is 0.178 e. The molecule has 0 amide bonds. The molecule has 0 heterocycles. The van der Waals surface area contributed by atoms with Crippen LogP contribution in [0.3, 0.4) is 0 Å². The molecule has 0 bridgehead atoms. The second-order valence-electron chi connectivity index (χ2n) is 1.63. The van der Waals surface area contributed by atoms with Crippen molar-refractivity contribution in [2.45, 2.75) is 17.9 Å². The minimum Gasteiger partial charge on any atom is -0.178 e. The second-order valence-corrected chi connectivity index (χ2v) is 2.10. The maximum absolute atomic E-state index is 11.7. The molecule has 0 saturated carbocycles. The molecule has 0 saturated heterocycles. The quantitative estimate of drug-likeness (QED) is 0.325. The summed E-state index contributed by atoms with van der Waals surface area (Å²) in [5.41, 5.74) is 0. The van der Waals surface area contributed by atoms with E-state index in [1.165, 1.54) is 0 Å². The van der Waals surface area contributed by atoms with Crippen molar-refractivity contribution in [2.24, 2.45) is 0 Å². The van der Waals surface area contributed by atoms with Gasteiger partial charge in [-0.3, -0.25) is 0 Å². The monoisotopic (exact) mass is 236 g/mol. The maximum atomic E-state index is 11.7. The number of halogens is 8. The Balaban J connectivity index is 4.21. The lowest BCUT2D eigenvalue weighted by Gasteiger charge is -2.19. The van der Waals surface area contributed by atoms with Crippen molar-refractivity contribution in [3.05, 3.63) is 0 Å². The highest BCUT2D eigenvalue weighted by Gasteiger charge is 2.59. The minimum atomic E-state index is -5.62. The Morgan fingerprint density at radius 3 is 1.38 bits per heavy atom. The summed E-state index contributed by atoms with van der Waals surface area (Å²) in [4.78, 5) is 4.12. The number of hydrogen-bond donors (Lipinski definition) is 0. The topological polar surface area (TPSA) is 18.5 Å². The van der Waals surface area contributed by atoms with Gasteiger partial charge in [0.15, 0.2) is 0 Å². The highest BCUT2D eigenvalue weighted by molar-refractivity contribution is 6.22. The Morgan fingerprint density at radius 2 is 1.15 bits per heavy atom. The Morgan fingerprint density at radius 1 is 0.769 bits per heavy atom. The van der Waals surface area contributed by atoms with Crippen LogP contribution >= 0.6 is 11.6 Å². The highest BCUT2D eigenvalue weighted by Crippen LogP contribution is 2.39. The normalized spacial score (nSPS) is 14.8. The highest BCUT2D eigenvalue weighted by atomic mass is 35.5. The second kappa shape index (κ2) is 3.46. The van der Waals surface area contributed by atoms with Gasteiger partial charge in [-0.15, -0.1) is 22.9 Å². The lowest BCUT2D eigenvalue weighted by Crippen LogP contribution is -2.39. The Hall–Kier alpha value is -0.280. The predicted molar refractivity (Wildman–Crippen MR) is 24.0 cm³/mol. The zero-order valence-corrected chi connectivity index (χ0v) is 6.10. The Labute approximate surface area is 71.1 Å². The third-order valence-electron chi connectivity index (χ3n) is 0.571. The van der Waals surface area contributed by atoms with Crippen molar-refractivity contribution in [1.82, 2.24) is 0 Å². The summed E-state index contributed by atoms with van der Waals surface area (Å²) in [5.74, 6) is 0. The fourth-order valence-corrected chi connectivity index (χ4v) is 0.178. The third-order valence-corrected chi connectivity index (χ3v) is 0.791. The lowest BCUT2D eigenvalue weighted by atomic mass is 10.7. The summed E-state index contributed by atoms with van der Waals surface area (Å²) in [7, 11) is 0. The largest absolute Gasteiger partial charge is 0.549 e. The summed E-state index contributed by atoms with van der Waals surface area (Å²) in [5, 5.41) is -5.29. The summed E-state index contributed by atoms with van der Waals surface area (Å²) < 4.78 is 79.5. The molecule has 0 aromatic carbocycles. The molecule has 13 heavy (non-hydrogen) atoms. The first-order valence-electron chi connectivity index (χ1n) is 2.34. The molecule has 0 spiro atoms. The van der Waals surface area contributed by atoms with E-state index in [4.69, 9.17) is 0 Å². The van der Waals surface area contributed by atoms with Crippen LogP contribution in [-0.2, 0) is 9.78 Å². The first-order valence-corrected chi connectivity index (χ1v) is 2.71. The van der Waals surface area contributed by atoms with E-state index >= 15 is 0 Å². The summed E-state index contributed by atoms with van der Waals surface area (Å²) in [6.45, 7) is 0. The molecule has 0 aliphatic carbocycles. The van der Waals surface area contributed by atoms with E-state index in [-0.39, 0.29) is 0 Å². The molecular weight excluding hydrogens is 236 g/mol. The predicted octanol–water partition coefficient (Wildman–Crippen LogP) is 2.88. The van der Waals surface area contributed by atoms with Crippen LogP contribution in [0, 0.1) is 0 Å². The van der Waals surface area contributed by atoms with Crippen molar-refractivity contribution in [1.29, 1.82) is 0 Å². The van der Waals surface area contributed by atoms with Gasteiger partial charge in [-0.25, -0.2) is 0 Å². The lowest BCUT2D eigenvalue weighted by molar-refractivity contribution is -0.563. The van der Waals surface area contributed by atoms with Crippen LogP contribution in [0.1, 0.15) is 0 Å². The molecular formula is C3ClF7O2. The van der Waals surface area contributed by atoms with Crippen LogP contribution in [0.5, 0.6) is 0 Å². The van der Waals surface area contributed by atoms with Crippen LogP contribution in [0.4, 0.5) is 30.7 Å². The molecule has 0 aliphatic rings. The van der Waals surface area contributed by atoms with Crippen molar-refractivity contribution < 1.29 is 40.5 Å². The SMILES string of the molecule is FC(F)(F)OOC(F)(F)C(F)(F)Cl. The van der Waals surface area contributed by atoms with Crippen LogP contribution in [-0.4, -0.2) is 17.9 Å². The molecule has 2 nitrogen and oxygen atoms in total. The van der Waals surface area contributed by atoms with Crippen LogP contribution in [0.15, 0.2) is 0 Å². The summed E-state index contributed by atoms with van der Waals surface area (Å²) in [6.07, 6.45) is -11.2. The Kier molecular flexibility index (Phi) is 3.39. The van der Waals surface area contributed by atoms with Crippen LogP contribution in [0.25, 0.3) is 0 Å². The number of hydrogen-bond acceptors (Lipinski definition) is 2. The molecule has 0 aliphatic heterocycles. The van der Waals surface area contributed by atoms with E-state index in [2.05, 4.69) is 16.5 Å². The molecule has 0 rings (SSSR count). The molecule has 0 unspecified atom stereocenters. The van der Waals surface area contributed by atoms with Gasteiger partial charge in [0, 0.05) is 0 Å². The fourth-order valence-electron chi connectivity index (χ4n) is 0.147. The number of alkyl halides is 8. The molecule has 80 valence electrons. The molecule has 0 aromatic heterocycles. The molecule has 0 atom stereocenters. The number of rotatable bonds is 3. The Bertz CT molecular complexity index is 172. The van der Waals surface area contributed by atoms with Gasteiger partial charge < -0.3 is 0 Å². The standard InChI is InChI=1S/C3ClF7O2/c4-1(5,6)2(7,8)12-13-3(9,10)11. The first kappa shape index (κ1) is 12.7. The van der Waals surface area contributed by atoms with Crippen molar-refractivity contribution in [3.8, 4) is 0 Å². The van der Waals surface area contributed by atoms with E-state index in [9.17, 15) is 30.7 Å². The van der Waals surface area contributed by atoms with Gasteiger partial charge in [0.1, 0.15) is 0 Å². The maximum Gasteiger partial charge on any atom is 0.549 e. The summed E-state index contributed by atoms with van der Waals surface area (Å²) >= 11 is 3.70. The third kappa shape index (κ3) is 4.48. The van der Waals surface area contributed by atoms with Crippen molar-refractivity contribution in [3.63, 3.8) is 0 Å². The van der Waals surface area contributed by atoms with Gasteiger partial charge in [-0.05, 0) is 11.6 Å². The average molecular weight is 236 g/mol. The van der Waals surface area contributed by atoms with Gasteiger partial charge in [0.2, 0.25) is 0 Å². The van der Waals surface area contributed by atoms with Gasteiger partial charge in [0.25, 0.3) is 0 Å². The molecule has 10 heteroatoms. The van der Waals surface area contributed by atoms with Crippen molar-refractivity contribution in [2.75, 3.05) is 0 Å². The van der Waals surface area contributed by atoms with E-state index in [0.29, 0.717) is 0 Å². The van der Waals surface area contributed by atoms with E-state index in [1.54, 1.807) is 0 Å². The minimum absolute atomic E-state index is 2.01. The van der Waals surface area contributed by atoms with E-state index in [1.807, 2.05) is 4.89 Å². The van der Waals surface area contributed by atoms with Crippen molar-refractivity contribution >= 4 is 11.6 Å². The summed E-state index contributed by atoms with van der Waals surface area (Å²) in [6, 6.07) is 0. The van der Waals surface area contributed by atoms with E-state index < -0.39 is 17.9 Å². The first-order chi connectivity index (χ1) is 5.46. The van der Waals surface area contributed by atoms with Gasteiger partial charge >= 0.3 is 17.9 Å². The molecule has 0 radical (unpaired) electrons. The fraction of sp³-hybridized carbons (Fsp3) is 1.00. The van der Waals surface area contributed by atoms with Gasteiger partial charge in [-0.1, -0.05) is 0 Å². The molecule has 0 fully saturated rings. The van der Waals surface area contributed by atoms with Crippen LogP contribution < -0.4 is 0 Å².